The molecule has 0 bridgehead atoms. The molecular weight excluding hydrogens is 230 g/mol. The Bertz CT molecular complexity index is 376. The summed E-state index contributed by atoms with van der Waals surface area (Å²) in [4.78, 5) is 22.5. The highest BCUT2D eigenvalue weighted by atomic mass is 16.5. The van der Waals surface area contributed by atoms with Gasteiger partial charge < -0.3 is 0 Å². The van der Waals surface area contributed by atoms with Gasteiger partial charge in [-0.1, -0.05) is 43.2 Å². The van der Waals surface area contributed by atoms with Crippen LogP contribution in [0.25, 0.3) is 0 Å². The van der Waals surface area contributed by atoms with Gasteiger partial charge in [-0.25, -0.2) is 5.48 Å². The number of benzene rings is 1. The van der Waals surface area contributed by atoms with Crippen molar-refractivity contribution in [1.82, 2.24) is 5.48 Å². The molecule has 4 heteroatoms. The molecule has 0 aliphatic heterocycles. The van der Waals surface area contributed by atoms with E-state index in [0.29, 0.717) is 12.8 Å². The highest BCUT2D eigenvalue weighted by Gasteiger charge is 2.04. The highest BCUT2D eigenvalue weighted by Crippen LogP contribution is 2.09. The Morgan fingerprint density at radius 1 is 0.944 bits per heavy atom. The predicted octanol–water partition coefficient (Wildman–Crippen LogP) is 2.72. The number of nitrogens with one attached hydrogen (secondary N) is 1. The van der Waals surface area contributed by atoms with Crippen molar-refractivity contribution in [3.63, 3.8) is 0 Å². The monoisotopic (exact) mass is 249 g/mol. The Hall–Kier alpha value is -1.68. The average molecular weight is 249 g/mol. The molecule has 1 rings (SSSR count). The maximum Gasteiger partial charge on any atom is 0.243 e. The third-order valence-electron chi connectivity index (χ3n) is 2.78. The van der Waals surface area contributed by atoms with E-state index < -0.39 is 0 Å². The van der Waals surface area contributed by atoms with Crippen molar-refractivity contribution in [2.24, 2.45) is 0 Å². The zero-order valence-corrected chi connectivity index (χ0v) is 10.4. The number of amides is 1. The summed E-state index contributed by atoms with van der Waals surface area (Å²) in [5, 5.41) is 8.29. The Balaban J connectivity index is 2.08. The highest BCUT2D eigenvalue weighted by molar-refractivity contribution is 5.95. The molecule has 0 saturated carbocycles. The molecule has 1 aromatic carbocycles. The molecule has 18 heavy (non-hydrogen) atoms. The molecule has 0 saturated heterocycles. The minimum absolute atomic E-state index is 0.170. The van der Waals surface area contributed by atoms with Gasteiger partial charge in [0.1, 0.15) is 0 Å². The summed E-state index contributed by atoms with van der Waals surface area (Å²) in [7, 11) is 0. The Morgan fingerprint density at radius 3 is 2.17 bits per heavy atom. The van der Waals surface area contributed by atoms with Crippen LogP contribution in [0, 0.1) is 0 Å². The van der Waals surface area contributed by atoms with Crippen LogP contribution < -0.4 is 5.48 Å². The molecule has 0 aromatic heterocycles. The number of ketones is 1. The maximum atomic E-state index is 11.7. The molecule has 0 aliphatic carbocycles. The lowest BCUT2D eigenvalue weighted by Crippen LogP contribution is -2.17. The van der Waals surface area contributed by atoms with E-state index in [-0.39, 0.29) is 11.7 Å². The van der Waals surface area contributed by atoms with Crippen LogP contribution in [0.4, 0.5) is 0 Å². The van der Waals surface area contributed by atoms with Crippen LogP contribution in [0.15, 0.2) is 30.3 Å². The van der Waals surface area contributed by atoms with E-state index in [1.54, 1.807) is 5.48 Å². The lowest BCUT2D eigenvalue weighted by Gasteiger charge is -2.01. The van der Waals surface area contributed by atoms with Gasteiger partial charge in [-0.3, -0.25) is 14.8 Å². The zero-order valence-electron chi connectivity index (χ0n) is 10.4. The molecule has 0 atom stereocenters. The van der Waals surface area contributed by atoms with Crippen molar-refractivity contribution < 1.29 is 14.8 Å². The minimum Gasteiger partial charge on any atom is -0.294 e. The number of carbonyl (C=O) groups is 2. The topological polar surface area (TPSA) is 66.4 Å². The fourth-order valence-corrected chi connectivity index (χ4v) is 1.75. The molecule has 98 valence electrons. The summed E-state index contributed by atoms with van der Waals surface area (Å²) < 4.78 is 0. The molecule has 0 aliphatic rings. The molecule has 0 radical (unpaired) electrons. The van der Waals surface area contributed by atoms with E-state index in [9.17, 15) is 9.59 Å². The van der Waals surface area contributed by atoms with Crippen molar-refractivity contribution in [2.75, 3.05) is 0 Å². The fourth-order valence-electron chi connectivity index (χ4n) is 1.75. The summed E-state index contributed by atoms with van der Waals surface area (Å²) in [6.07, 6.45) is 4.30. The van der Waals surface area contributed by atoms with Crippen molar-refractivity contribution in [3.8, 4) is 0 Å². The molecule has 0 fully saturated rings. The first-order valence-electron chi connectivity index (χ1n) is 6.25. The van der Waals surface area contributed by atoms with E-state index in [0.717, 1.165) is 31.2 Å². The van der Waals surface area contributed by atoms with Gasteiger partial charge in [-0.05, 0) is 12.8 Å². The van der Waals surface area contributed by atoms with Gasteiger partial charge >= 0.3 is 0 Å². The van der Waals surface area contributed by atoms with Crippen molar-refractivity contribution in [2.45, 2.75) is 38.5 Å². The van der Waals surface area contributed by atoms with Crippen LogP contribution in [0.3, 0.4) is 0 Å². The SMILES string of the molecule is O=C(CCCCCCC(=O)c1ccccc1)NO. The van der Waals surface area contributed by atoms with Gasteiger partial charge in [0.05, 0.1) is 0 Å². The molecule has 4 nitrogen and oxygen atoms in total. The standard InChI is InChI=1S/C14H19NO3/c16-13(12-8-4-3-5-9-12)10-6-1-2-7-11-14(17)15-18/h3-5,8-9,18H,1-2,6-7,10-11H2,(H,15,17). The van der Waals surface area contributed by atoms with Gasteiger partial charge in [-0.2, -0.15) is 0 Å². The van der Waals surface area contributed by atoms with E-state index in [1.807, 2.05) is 30.3 Å². The Morgan fingerprint density at radius 2 is 1.56 bits per heavy atom. The third-order valence-corrected chi connectivity index (χ3v) is 2.78. The summed E-state index contributed by atoms with van der Waals surface area (Å²) >= 11 is 0. The smallest absolute Gasteiger partial charge is 0.243 e. The van der Waals surface area contributed by atoms with Crippen LogP contribution in [0.5, 0.6) is 0 Å². The molecule has 1 aromatic rings. The van der Waals surface area contributed by atoms with Crippen LogP contribution in [0.2, 0.25) is 0 Å². The molecule has 0 spiro atoms. The van der Waals surface area contributed by atoms with Gasteiger partial charge in [-0.15, -0.1) is 0 Å². The molecule has 0 unspecified atom stereocenters. The first-order chi connectivity index (χ1) is 8.74. The van der Waals surface area contributed by atoms with Gasteiger partial charge in [0, 0.05) is 18.4 Å². The van der Waals surface area contributed by atoms with E-state index in [2.05, 4.69) is 0 Å². The van der Waals surface area contributed by atoms with Crippen LogP contribution >= 0.6 is 0 Å². The number of hydrogen-bond acceptors (Lipinski definition) is 3. The zero-order chi connectivity index (χ0) is 13.2. The van der Waals surface area contributed by atoms with E-state index in [4.69, 9.17) is 5.21 Å². The quantitative estimate of drug-likeness (QED) is 0.322. The van der Waals surface area contributed by atoms with Gasteiger partial charge in [0.15, 0.2) is 5.78 Å². The lowest BCUT2D eigenvalue weighted by molar-refractivity contribution is -0.129. The Kier molecular flexibility index (Phi) is 6.72. The first kappa shape index (κ1) is 14.4. The summed E-state index contributed by atoms with van der Waals surface area (Å²) in [6, 6.07) is 9.27. The fraction of sp³-hybridized carbons (Fsp3) is 0.429. The molecule has 2 N–H and O–H groups in total. The lowest BCUT2D eigenvalue weighted by atomic mass is 10.0. The Labute approximate surface area is 107 Å². The second-order valence-corrected chi connectivity index (χ2v) is 4.24. The number of rotatable bonds is 8. The van der Waals surface area contributed by atoms with Crippen LogP contribution in [0.1, 0.15) is 48.9 Å². The number of carbonyl (C=O) groups excluding carboxylic acids is 2. The summed E-state index contributed by atoms with van der Waals surface area (Å²) in [6.45, 7) is 0. The van der Waals surface area contributed by atoms with E-state index >= 15 is 0 Å². The van der Waals surface area contributed by atoms with Crippen LogP contribution in [-0.2, 0) is 4.79 Å². The van der Waals surface area contributed by atoms with Crippen molar-refractivity contribution in [1.29, 1.82) is 0 Å². The second-order valence-electron chi connectivity index (χ2n) is 4.24. The van der Waals surface area contributed by atoms with Gasteiger partial charge in [0.2, 0.25) is 5.91 Å². The normalized spacial score (nSPS) is 10.1. The van der Waals surface area contributed by atoms with E-state index in [1.165, 1.54) is 0 Å². The summed E-state index contributed by atoms with van der Waals surface area (Å²) in [5.41, 5.74) is 2.36. The largest absolute Gasteiger partial charge is 0.294 e. The third kappa shape index (κ3) is 5.59. The second kappa shape index (κ2) is 8.42. The maximum absolute atomic E-state index is 11.7. The predicted molar refractivity (Wildman–Crippen MR) is 68.4 cm³/mol. The minimum atomic E-state index is -0.352. The average Bonchev–Trinajstić information content (AvgIpc) is 2.43. The number of hydroxylamine groups is 1. The molecule has 0 heterocycles. The number of Topliss-reactive ketones (excluding diaryl/α,β-unsaturated/α-hetero) is 1. The molecule has 1 amide bonds. The van der Waals surface area contributed by atoms with Crippen molar-refractivity contribution >= 4 is 11.7 Å². The summed E-state index contributed by atoms with van der Waals surface area (Å²) in [5.74, 6) is -0.181. The number of hydrogen-bond donors (Lipinski definition) is 2. The molecular formula is C14H19NO3. The van der Waals surface area contributed by atoms with Crippen LogP contribution in [-0.4, -0.2) is 16.9 Å². The number of unbranched alkanes of at least 4 members (excludes halogenated alkanes) is 3. The van der Waals surface area contributed by atoms with Gasteiger partial charge in [0.25, 0.3) is 0 Å². The first-order valence-corrected chi connectivity index (χ1v) is 6.25. The van der Waals surface area contributed by atoms with Crippen molar-refractivity contribution in [3.05, 3.63) is 35.9 Å².